The molecule has 0 atom stereocenters. The third-order valence-corrected chi connectivity index (χ3v) is 4.91. The van der Waals surface area contributed by atoms with Crippen LogP contribution in [0.5, 0.6) is 5.75 Å². The standard InChI is InChI=1S/C16H20BrN3O3/c1-18-16(21)23-12-5-3-11(4-6-12)20-9-10-7-13(17)15(22-2)8-14(10)19-20/h7-9,11-12H,3-6H2,1-2H3,(H,18,21). The first-order chi connectivity index (χ1) is 11.1. The second-order valence-corrected chi connectivity index (χ2v) is 6.59. The Bertz CT molecular complexity index is 708. The van der Waals surface area contributed by atoms with Crippen molar-refractivity contribution in [3.05, 3.63) is 22.8 Å². The third-order valence-electron chi connectivity index (χ3n) is 4.29. The molecule has 0 unspecified atom stereocenters. The topological polar surface area (TPSA) is 65.4 Å². The summed E-state index contributed by atoms with van der Waals surface area (Å²) in [7, 11) is 3.23. The van der Waals surface area contributed by atoms with Gasteiger partial charge in [0.05, 0.1) is 23.1 Å². The van der Waals surface area contributed by atoms with E-state index in [0.29, 0.717) is 6.04 Å². The maximum absolute atomic E-state index is 11.3. The largest absolute Gasteiger partial charge is 0.495 e. The van der Waals surface area contributed by atoms with E-state index < -0.39 is 0 Å². The van der Waals surface area contributed by atoms with Gasteiger partial charge in [0.15, 0.2) is 0 Å². The first kappa shape index (κ1) is 16.1. The Labute approximate surface area is 143 Å². The summed E-state index contributed by atoms with van der Waals surface area (Å²) in [6, 6.07) is 4.31. The molecule has 1 aromatic heterocycles. The van der Waals surface area contributed by atoms with Gasteiger partial charge in [0.1, 0.15) is 11.9 Å². The minimum Gasteiger partial charge on any atom is -0.495 e. The van der Waals surface area contributed by atoms with Gasteiger partial charge in [0, 0.05) is 24.7 Å². The maximum Gasteiger partial charge on any atom is 0.407 e. The van der Waals surface area contributed by atoms with E-state index in [4.69, 9.17) is 9.47 Å². The summed E-state index contributed by atoms with van der Waals surface area (Å²) in [5.74, 6) is 0.783. The van der Waals surface area contributed by atoms with Gasteiger partial charge < -0.3 is 14.8 Å². The molecule has 0 aliphatic heterocycles. The third kappa shape index (κ3) is 3.44. The van der Waals surface area contributed by atoms with E-state index in [1.54, 1.807) is 14.2 Å². The van der Waals surface area contributed by atoms with Gasteiger partial charge in [-0.05, 0) is 47.7 Å². The van der Waals surface area contributed by atoms with Crippen molar-refractivity contribution in [2.24, 2.45) is 0 Å². The fourth-order valence-electron chi connectivity index (χ4n) is 3.03. The number of methoxy groups -OCH3 is 1. The Morgan fingerprint density at radius 2 is 2.09 bits per heavy atom. The number of fused-ring (bicyclic) bond motifs is 1. The van der Waals surface area contributed by atoms with Crippen LogP contribution in [0, 0.1) is 0 Å². The molecule has 124 valence electrons. The molecule has 1 saturated carbocycles. The molecule has 0 spiro atoms. The average molecular weight is 382 g/mol. The van der Waals surface area contributed by atoms with Gasteiger partial charge >= 0.3 is 6.09 Å². The zero-order valence-electron chi connectivity index (χ0n) is 13.2. The van der Waals surface area contributed by atoms with E-state index in [0.717, 1.165) is 46.8 Å². The van der Waals surface area contributed by atoms with E-state index in [1.807, 2.05) is 16.8 Å². The molecular weight excluding hydrogens is 362 g/mol. The van der Waals surface area contributed by atoms with Crippen LogP contribution >= 0.6 is 15.9 Å². The Balaban J connectivity index is 1.71. The van der Waals surface area contributed by atoms with E-state index in [-0.39, 0.29) is 12.2 Å². The van der Waals surface area contributed by atoms with Crippen molar-refractivity contribution in [2.75, 3.05) is 14.2 Å². The molecule has 23 heavy (non-hydrogen) atoms. The molecule has 0 bridgehead atoms. The number of rotatable bonds is 3. The average Bonchev–Trinajstić information content (AvgIpc) is 2.97. The molecule has 0 saturated heterocycles. The molecule has 1 aliphatic rings. The van der Waals surface area contributed by atoms with Gasteiger partial charge in [0.2, 0.25) is 0 Å². The van der Waals surface area contributed by atoms with Crippen LogP contribution in [0.2, 0.25) is 0 Å². The monoisotopic (exact) mass is 381 g/mol. The number of ether oxygens (including phenoxy) is 2. The molecule has 1 heterocycles. The maximum atomic E-state index is 11.3. The van der Waals surface area contributed by atoms with Crippen LogP contribution in [0.25, 0.3) is 10.9 Å². The van der Waals surface area contributed by atoms with Crippen molar-refractivity contribution in [2.45, 2.75) is 37.8 Å². The zero-order chi connectivity index (χ0) is 16.4. The van der Waals surface area contributed by atoms with E-state index in [1.165, 1.54) is 0 Å². The molecule has 2 aromatic rings. The molecule has 0 radical (unpaired) electrons. The first-order valence-corrected chi connectivity index (χ1v) is 8.50. The van der Waals surface area contributed by atoms with E-state index in [2.05, 4.69) is 32.5 Å². The van der Waals surface area contributed by atoms with Crippen molar-refractivity contribution in [1.82, 2.24) is 15.1 Å². The highest BCUT2D eigenvalue weighted by Gasteiger charge is 2.25. The van der Waals surface area contributed by atoms with Crippen LogP contribution < -0.4 is 10.1 Å². The Morgan fingerprint density at radius 3 is 2.74 bits per heavy atom. The first-order valence-electron chi connectivity index (χ1n) is 7.71. The summed E-state index contributed by atoms with van der Waals surface area (Å²) in [5.41, 5.74) is 0.925. The van der Waals surface area contributed by atoms with Crippen LogP contribution in [0.3, 0.4) is 0 Å². The quantitative estimate of drug-likeness (QED) is 0.880. The van der Waals surface area contributed by atoms with Crippen molar-refractivity contribution in [3.63, 3.8) is 0 Å². The number of carbonyl (C=O) groups is 1. The second-order valence-electron chi connectivity index (χ2n) is 5.74. The predicted octanol–water partition coefficient (Wildman–Crippen LogP) is 3.65. The number of halogens is 1. The highest BCUT2D eigenvalue weighted by atomic mass is 79.9. The Kier molecular flexibility index (Phi) is 4.75. The Hall–Kier alpha value is -1.76. The zero-order valence-corrected chi connectivity index (χ0v) is 14.8. The smallest absolute Gasteiger partial charge is 0.407 e. The molecule has 3 rings (SSSR count). The number of nitrogens with zero attached hydrogens (tertiary/aromatic N) is 2. The summed E-state index contributed by atoms with van der Waals surface area (Å²) in [6.45, 7) is 0. The van der Waals surface area contributed by atoms with Crippen molar-refractivity contribution < 1.29 is 14.3 Å². The number of alkyl carbamates (subject to hydrolysis) is 1. The second kappa shape index (κ2) is 6.78. The lowest BCUT2D eigenvalue weighted by Crippen LogP contribution is -2.30. The minimum absolute atomic E-state index is 0.00502. The van der Waals surface area contributed by atoms with Crippen molar-refractivity contribution >= 4 is 32.9 Å². The molecule has 7 heteroatoms. The van der Waals surface area contributed by atoms with Crippen LogP contribution in [0.4, 0.5) is 4.79 Å². The number of hydrogen-bond acceptors (Lipinski definition) is 4. The van der Waals surface area contributed by atoms with Gasteiger partial charge in [-0.25, -0.2) is 4.79 Å². The number of aromatic nitrogens is 2. The predicted molar refractivity (Wildman–Crippen MR) is 90.8 cm³/mol. The number of nitrogens with one attached hydrogen (secondary N) is 1. The summed E-state index contributed by atoms with van der Waals surface area (Å²) < 4.78 is 13.6. The van der Waals surface area contributed by atoms with Gasteiger partial charge in [-0.2, -0.15) is 5.10 Å². The SMILES string of the molecule is CNC(=O)OC1CCC(n2cc3cc(Br)c(OC)cc3n2)CC1. The minimum atomic E-state index is -0.352. The molecular formula is C16H20BrN3O3. The van der Waals surface area contributed by atoms with E-state index in [9.17, 15) is 4.79 Å². The highest BCUT2D eigenvalue weighted by molar-refractivity contribution is 9.10. The summed E-state index contributed by atoms with van der Waals surface area (Å²) in [5, 5.41) is 8.26. The number of hydrogen-bond donors (Lipinski definition) is 1. The lowest BCUT2D eigenvalue weighted by molar-refractivity contribution is 0.0657. The number of amides is 1. The molecule has 1 aromatic carbocycles. The van der Waals surface area contributed by atoms with Crippen LogP contribution in [-0.2, 0) is 4.74 Å². The van der Waals surface area contributed by atoms with Crippen molar-refractivity contribution in [3.8, 4) is 5.75 Å². The van der Waals surface area contributed by atoms with Gasteiger partial charge in [-0.3, -0.25) is 4.68 Å². The fourth-order valence-corrected chi connectivity index (χ4v) is 3.55. The van der Waals surface area contributed by atoms with Crippen LogP contribution in [-0.4, -0.2) is 36.1 Å². The lowest BCUT2D eigenvalue weighted by Gasteiger charge is -2.28. The summed E-state index contributed by atoms with van der Waals surface area (Å²) >= 11 is 3.50. The van der Waals surface area contributed by atoms with Gasteiger partial charge in [-0.1, -0.05) is 0 Å². The van der Waals surface area contributed by atoms with Gasteiger partial charge in [0.25, 0.3) is 0 Å². The lowest BCUT2D eigenvalue weighted by atomic mass is 9.93. The molecule has 1 N–H and O–H groups in total. The van der Waals surface area contributed by atoms with Gasteiger partial charge in [-0.15, -0.1) is 0 Å². The fraction of sp³-hybridized carbons (Fsp3) is 0.500. The normalized spacial score (nSPS) is 21.2. The highest BCUT2D eigenvalue weighted by Crippen LogP contribution is 2.33. The molecule has 6 nitrogen and oxygen atoms in total. The molecule has 1 aliphatic carbocycles. The molecule has 1 amide bonds. The van der Waals surface area contributed by atoms with Crippen molar-refractivity contribution in [1.29, 1.82) is 0 Å². The molecule has 1 fully saturated rings. The Morgan fingerprint density at radius 1 is 1.35 bits per heavy atom. The number of carbonyl (C=O) groups excluding carboxylic acids is 1. The van der Waals surface area contributed by atoms with Crippen LogP contribution in [0.15, 0.2) is 22.8 Å². The number of benzene rings is 1. The van der Waals surface area contributed by atoms with Crippen LogP contribution in [0.1, 0.15) is 31.7 Å². The van der Waals surface area contributed by atoms with E-state index >= 15 is 0 Å². The summed E-state index contributed by atoms with van der Waals surface area (Å²) in [6.07, 6.45) is 5.36. The summed E-state index contributed by atoms with van der Waals surface area (Å²) in [4.78, 5) is 11.3.